The number of H-pyrrole nitrogens is 1. The van der Waals surface area contributed by atoms with Crippen molar-refractivity contribution in [2.45, 2.75) is 13.8 Å². The SMILES string of the molecule is CCOCCOc1ncc(C(=O)Nc2c[nH]c3cc(F)c(F)cc23)cc1C. The van der Waals surface area contributed by atoms with E-state index in [0.717, 1.165) is 12.1 Å². The van der Waals surface area contributed by atoms with Crippen molar-refractivity contribution in [2.75, 3.05) is 25.1 Å². The molecule has 0 aliphatic heterocycles. The van der Waals surface area contributed by atoms with Crippen LogP contribution >= 0.6 is 0 Å². The van der Waals surface area contributed by atoms with Crippen LogP contribution in [0.4, 0.5) is 14.5 Å². The summed E-state index contributed by atoms with van der Waals surface area (Å²) in [4.78, 5) is 19.4. The first kappa shape index (κ1) is 18.8. The van der Waals surface area contributed by atoms with Gasteiger partial charge in [0.25, 0.3) is 5.91 Å². The highest BCUT2D eigenvalue weighted by Crippen LogP contribution is 2.26. The molecular weight excluding hydrogens is 356 g/mol. The lowest BCUT2D eigenvalue weighted by Crippen LogP contribution is -2.13. The minimum Gasteiger partial charge on any atom is -0.475 e. The quantitative estimate of drug-likeness (QED) is 0.616. The Hall–Kier alpha value is -3.00. The maximum absolute atomic E-state index is 13.5. The second-order valence-corrected chi connectivity index (χ2v) is 5.86. The molecule has 0 radical (unpaired) electrons. The molecule has 0 atom stereocenters. The second kappa shape index (κ2) is 8.13. The molecule has 0 saturated carbocycles. The Bertz CT molecular complexity index is 972. The summed E-state index contributed by atoms with van der Waals surface area (Å²) in [6.45, 7) is 5.11. The number of hydrogen-bond acceptors (Lipinski definition) is 4. The Morgan fingerprint density at radius 1 is 1.22 bits per heavy atom. The van der Waals surface area contributed by atoms with Gasteiger partial charge in [-0.15, -0.1) is 0 Å². The summed E-state index contributed by atoms with van der Waals surface area (Å²) in [5, 5.41) is 3.05. The van der Waals surface area contributed by atoms with Gasteiger partial charge in [0, 0.05) is 36.0 Å². The number of rotatable bonds is 7. The van der Waals surface area contributed by atoms with Gasteiger partial charge in [-0.25, -0.2) is 13.8 Å². The van der Waals surface area contributed by atoms with Gasteiger partial charge >= 0.3 is 0 Å². The van der Waals surface area contributed by atoms with E-state index in [1.807, 2.05) is 6.92 Å². The van der Waals surface area contributed by atoms with E-state index in [1.54, 1.807) is 13.0 Å². The number of carbonyl (C=O) groups excluding carboxylic acids is 1. The average Bonchev–Trinajstić information content (AvgIpc) is 3.01. The fourth-order valence-corrected chi connectivity index (χ4v) is 2.59. The Morgan fingerprint density at radius 2 is 2.00 bits per heavy atom. The number of aromatic nitrogens is 2. The summed E-state index contributed by atoms with van der Waals surface area (Å²) in [5.74, 6) is -1.93. The molecule has 0 bridgehead atoms. The van der Waals surface area contributed by atoms with Gasteiger partial charge in [-0.2, -0.15) is 0 Å². The minimum absolute atomic E-state index is 0.321. The lowest BCUT2D eigenvalue weighted by molar-refractivity contribution is 0.102. The number of nitrogens with zero attached hydrogens (tertiary/aromatic N) is 1. The molecular formula is C19H19F2N3O3. The van der Waals surface area contributed by atoms with Crippen LogP contribution in [-0.2, 0) is 4.74 Å². The largest absolute Gasteiger partial charge is 0.475 e. The van der Waals surface area contributed by atoms with E-state index in [9.17, 15) is 13.6 Å². The van der Waals surface area contributed by atoms with E-state index in [-0.39, 0.29) is 0 Å². The summed E-state index contributed by atoms with van der Waals surface area (Å²) in [6.07, 6.45) is 2.88. The van der Waals surface area contributed by atoms with Crippen LogP contribution < -0.4 is 10.1 Å². The third-order valence-corrected chi connectivity index (χ3v) is 3.93. The highest BCUT2D eigenvalue weighted by molar-refractivity contribution is 6.08. The lowest BCUT2D eigenvalue weighted by Gasteiger charge is -2.10. The lowest BCUT2D eigenvalue weighted by atomic mass is 10.2. The number of hydrogen-bond donors (Lipinski definition) is 2. The first-order chi connectivity index (χ1) is 13.0. The molecule has 2 aromatic heterocycles. The van der Waals surface area contributed by atoms with Crippen LogP contribution in [0.2, 0.25) is 0 Å². The number of carbonyl (C=O) groups is 1. The van der Waals surface area contributed by atoms with Crippen LogP contribution in [0.25, 0.3) is 10.9 Å². The van der Waals surface area contributed by atoms with Crippen LogP contribution in [0, 0.1) is 18.6 Å². The van der Waals surface area contributed by atoms with Gasteiger partial charge in [0.1, 0.15) is 6.61 Å². The number of ether oxygens (including phenoxy) is 2. The van der Waals surface area contributed by atoms with Gasteiger partial charge < -0.3 is 19.8 Å². The maximum atomic E-state index is 13.5. The smallest absolute Gasteiger partial charge is 0.257 e. The molecule has 2 N–H and O–H groups in total. The maximum Gasteiger partial charge on any atom is 0.257 e. The minimum atomic E-state index is -0.983. The Labute approximate surface area is 154 Å². The van der Waals surface area contributed by atoms with Gasteiger partial charge in [-0.05, 0) is 26.0 Å². The molecule has 27 heavy (non-hydrogen) atoms. The molecule has 3 aromatic rings. The van der Waals surface area contributed by atoms with E-state index >= 15 is 0 Å². The predicted molar refractivity (Wildman–Crippen MR) is 97.1 cm³/mol. The fourth-order valence-electron chi connectivity index (χ4n) is 2.59. The van der Waals surface area contributed by atoms with Crippen molar-refractivity contribution < 1.29 is 23.0 Å². The first-order valence-corrected chi connectivity index (χ1v) is 8.44. The highest BCUT2D eigenvalue weighted by Gasteiger charge is 2.14. The average molecular weight is 375 g/mol. The van der Waals surface area contributed by atoms with Crippen LogP contribution in [0.15, 0.2) is 30.6 Å². The van der Waals surface area contributed by atoms with Crippen molar-refractivity contribution in [2.24, 2.45) is 0 Å². The van der Waals surface area contributed by atoms with Crippen LogP contribution in [0.1, 0.15) is 22.8 Å². The standard InChI is InChI=1S/C19H19F2N3O3/c1-3-26-4-5-27-19-11(2)6-12(9-23-19)18(25)24-17-10-22-16-8-15(21)14(20)7-13(16)17/h6-10,22H,3-5H2,1-2H3,(H,24,25). The van der Waals surface area contributed by atoms with Crippen LogP contribution in [0.5, 0.6) is 5.88 Å². The zero-order valence-corrected chi connectivity index (χ0v) is 14.9. The Kier molecular flexibility index (Phi) is 5.66. The number of amides is 1. The molecule has 6 nitrogen and oxygen atoms in total. The van der Waals surface area contributed by atoms with Crippen molar-refractivity contribution in [1.82, 2.24) is 9.97 Å². The monoisotopic (exact) mass is 375 g/mol. The van der Waals surface area contributed by atoms with Gasteiger partial charge in [-0.3, -0.25) is 4.79 Å². The number of anilines is 1. The van der Waals surface area contributed by atoms with Gasteiger partial charge in [0.05, 0.1) is 23.4 Å². The number of halogens is 2. The number of fused-ring (bicyclic) bond motifs is 1. The summed E-state index contributed by atoms with van der Waals surface area (Å²) < 4.78 is 37.5. The predicted octanol–water partition coefficient (Wildman–Crippen LogP) is 3.82. The van der Waals surface area contributed by atoms with Gasteiger partial charge in [-0.1, -0.05) is 0 Å². The van der Waals surface area contributed by atoms with E-state index in [0.29, 0.717) is 53.4 Å². The molecule has 0 unspecified atom stereocenters. The normalized spacial score (nSPS) is 11.0. The summed E-state index contributed by atoms with van der Waals surface area (Å²) >= 11 is 0. The van der Waals surface area contributed by atoms with Gasteiger partial charge in [0.15, 0.2) is 11.6 Å². The second-order valence-electron chi connectivity index (χ2n) is 5.86. The Morgan fingerprint density at radius 3 is 2.74 bits per heavy atom. The van der Waals surface area contributed by atoms with Crippen LogP contribution in [-0.4, -0.2) is 35.7 Å². The molecule has 1 amide bonds. The van der Waals surface area contributed by atoms with Crippen molar-refractivity contribution in [1.29, 1.82) is 0 Å². The third kappa shape index (κ3) is 4.22. The van der Waals surface area contributed by atoms with Crippen molar-refractivity contribution >= 4 is 22.5 Å². The molecule has 3 rings (SSSR count). The summed E-state index contributed by atoms with van der Waals surface area (Å²) in [6, 6.07) is 3.73. The molecule has 1 aromatic carbocycles. The van der Waals surface area contributed by atoms with Crippen LogP contribution in [0.3, 0.4) is 0 Å². The van der Waals surface area contributed by atoms with E-state index < -0.39 is 17.5 Å². The Balaban J connectivity index is 1.73. The van der Waals surface area contributed by atoms with Crippen molar-refractivity contribution in [3.8, 4) is 5.88 Å². The van der Waals surface area contributed by atoms with E-state index in [2.05, 4.69) is 15.3 Å². The molecule has 142 valence electrons. The molecule has 0 fully saturated rings. The van der Waals surface area contributed by atoms with E-state index in [4.69, 9.17) is 9.47 Å². The molecule has 2 heterocycles. The number of pyridine rings is 1. The molecule has 0 aliphatic carbocycles. The highest BCUT2D eigenvalue weighted by atomic mass is 19.2. The molecule has 0 spiro atoms. The summed E-state index contributed by atoms with van der Waals surface area (Å²) in [5.41, 5.74) is 1.76. The third-order valence-electron chi connectivity index (χ3n) is 3.93. The fraction of sp³-hybridized carbons (Fsp3) is 0.263. The summed E-state index contributed by atoms with van der Waals surface area (Å²) in [7, 11) is 0. The van der Waals surface area contributed by atoms with Crippen molar-refractivity contribution in [3.05, 3.63) is 53.4 Å². The van der Waals surface area contributed by atoms with Crippen molar-refractivity contribution in [3.63, 3.8) is 0 Å². The molecule has 0 saturated heterocycles. The number of benzene rings is 1. The molecule has 0 aliphatic rings. The zero-order valence-electron chi connectivity index (χ0n) is 14.9. The van der Waals surface area contributed by atoms with Gasteiger partial charge in [0.2, 0.25) is 5.88 Å². The number of aryl methyl sites for hydroxylation is 1. The topological polar surface area (TPSA) is 76.2 Å². The molecule has 8 heteroatoms. The van der Waals surface area contributed by atoms with E-state index in [1.165, 1.54) is 12.4 Å². The first-order valence-electron chi connectivity index (χ1n) is 8.44. The number of nitrogens with one attached hydrogen (secondary N) is 2. The number of aromatic amines is 1. The zero-order chi connectivity index (χ0) is 19.4.